The first-order valence-electron chi connectivity index (χ1n) is 9.98. The SMILES string of the molecule is CC1C[C@@]2(O)[C@H]3Cc4ccc(O)c5c4[C@@]2(CCN3CC2CC2)[C@@H](O5)C1=O. The van der Waals surface area contributed by atoms with Gasteiger partial charge in [0.15, 0.2) is 23.4 Å². The van der Waals surface area contributed by atoms with Crippen molar-refractivity contribution >= 4 is 5.78 Å². The average molecular weight is 355 g/mol. The Morgan fingerprint density at radius 2 is 2.15 bits per heavy atom. The number of phenolic OH excluding ortho intramolecular Hbond substituents is 1. The first-order valence-corrected chi connectivity index (χ1v) is 9.98. The minimum atomic E-state index is -0.968. The first-order chi connectivity index (χ1) is 12.5. The highest BCUT2D eigenvalue weighted by atomic mass is 16.5. The Balaban J connectivity index is 1.59. The van der Waals surface area contributed by atoms with E-state index in [9.17, 15) is 15.0 Å². The van der Waals surface area contributed by atoms with Crippen molar-refractivity contribution in [2.24, 2.45) is 11.8 Å². The van der Waals surface area contributed by atoms with Gasteiger partial charge < -0.3 is 14.9 Å². The van der Waals surface area contributed by atoms with Crippen LogP contribution in [0.3, 0.4) is 0 Å². The van der Waals surface area contributed by atoms with Crippen molar-refractivity contribution in [2.45, 2.75) is 62.2 Å². The topological polar surface area (TPSA) is 70.0 Å². The third-order valence-electron chi connectivity index (χ3n) is 7.87. The Morgan fingerprint density at radius 3 is 2.92 bits per heavy atom. The molecule has 1 aromatic carbocycles. The fourth-order valence-electron chi connectivity index (χ4n) is 6.53. The number of carbonyl (C=O) groups is 1. The molecule has 5 atom stereocenters. The van der Waals surface area contributed by atoms with Crippen LogP contribution in [-0.2, 0) is 16.6 Å². The molecular formula is C21H25NO4. The second-order valence-electron chi connectivity index (χ2n) is 9.26. The number of hydrogen-bond donors (Lipinski definition) is 2. The van der Waals surface area contributed by atoms with Crippen molar-refractivity contribution < 1.29 is 19.7 Å². The summed E-state index contributed by atoms with van der Waals surface area (Å²) in [4.78, 5) is 15.5. The van der Waals surface area contributed by atoms with Crippen molar-refractivity contribution in [1.29, 1.82) is 0 Å². The molecular weight excluding hydrogens is 330 g/mol. The Bertz CT molecular complexity index is 834. The smallest absolute Gasteiger partial charge is 0.177 e. The van der Waals surface area contributed by atoms with E-state index in [1.54, 1.807) is 6.07 Å². The molecule has 26 heavy (non-hydrogen) atoms. The highest BCUT2D eigenvalue weighted by Crippen LogP contribution is 2.65. The van der Waals surface area contributed by atoms with Crippen molar-refractivity contribution in [3.63, 3.8) is 0 Å². The quantitative estimate of drug-likeness (QED) is 0.846. The third-order valence-corrected chi connectivity index (χ3v) is 7.87. The molecule has 2 aliphatic heterocycles. The van der Waals surface area contributed by atoms with Gasteiger partial charge in [-0.25, -0.2) is 0 Å². The third kappa shape index (κ3) is 1.59. The molecule has 1 spiro atoms. The molecule has 1 unspecified atom stereocenters. The number of ether oxygens (including phenoxy) is 1. The van der Waals surface area contributed by atoms with Crippen LogP contribution in [-0.4, -0.2) is 51.7 Å². The van der Waals surface area contributed by atoms with Crippen LogP contribution < -0.4 is 4.74 Å². The lowest BCUT2D eigenvalue weighted by Gasteiger charge is -2.63. The summed E-state index contributed by atoms with van der Waals surface area (Å²) in [6, 6.07) is 3.68. The van der Waals surface area contributed by atoms with E-state index in [2.05, 4.69) is 4.90 Å². The molecule has 2 heterocycles. The van der Waals surface area contributed by atoms with Gasteiger partial charge in [0.05, 0.1) is 11.0 Å². The number of aliphatic hydroxyl groups is 1. The molecule has 6 rings (SSSR count). The minimum absolute atomic E-state index is 0.0292. The van der Waals surface area contributed by atoms with Gasteiger partial charge in [0.2, 0.25) is 0 Å². The van der Waals surface area contributed by atoms with Gasteiger partial charge in [0.25, 0.3) is 0 Å². The highest BCUT2D eigenvalue weighted by molar-refractivity contribution is 5.91. The number of ketones is 1. The molecule has 2 saturated carbocycles. The fraction of sp³-hybridized carbons (Fsp3) is 0.667. The maximum atomic E-state index is 13.0. The Morgan fingerprint density at radius 1 is 1.35 bits per heavy atom. The standard InChI is InChI=1S/C21H25NO4/c1-11-9-21(25)15-8-13-4-5-14(23)18-16(13)20(21,19(26-18)17(11)24)6-7-22(15)10-12-2-3-12/h4-5,11-12,15,19,23,25H,2-3,6-10H2,1H3/t11?,15-,19+,20+,21-/m1/s1. The zero-order chi connectivity index (χ0) is 17.8. The van der Waals surface area contributed by atoms with Crippen LogP contribution in [0.15, 0.2) is 12.1 Å². The molecule has 5 aliphatic rings. The number of likely N-dealkylation sites (tertiary alicyclic amines) is 1. The molecule has 5 nitrogen and oxygen atoms in total. The summed E-state index contributed by atoms with van der Waals surface area (Å²) in [5.41, 5.74) is 0.401. The Labute approximate surface area is 152 Å². The molecule has 138 valence electrons. The number of Topliss-reactive ketones (excluding diaryl/α,β-unsaturated/α-hetero) is 1. The number of carbonyl (C=O) groups excluding carboxylic acids is 1. The minimum Gasteiger partial charge on any atom is -0.504 e. The molecule has 0 radical (unpaired) electrons. The zero-order valence-corrected chi connectivity index (χ0v) is 15.1. The molecule has 5 heteroatoms. The normalized spacial score (nSPS) is 43.2. The van der Waals surface area contributed by atoms with Gasteiger partial charge in [-0.3, -0.25) is 9.69 Å². The number of hydrogen-bond acceptors (Lipinski definition) is 5. The monoisotopic (exact) mass is 355 g/mol. The number of aromatic hydroxyl groups is 1. The Kier molecular flexibility index (Phi) is 2.75. The first kappa shape index (κ1) is 15.5. The van der Waals surface area contributed by atoms with Gasteiger partial charge >= 0.3 is 0 Å². The summed E-state index contributed by atoms with van der Waals surface area (Å²) in [6.07, 6.45) is 3.91. The van der Waals surface area contributed by atoms with E-state index in [0.717, 1.165) is 43.0 Å². The molecule has 0 aromatic heterocycles. The van der Waals surface area contributed by atoms with Gasteiger partial charge in [-0.05, 0) is 56.2 Å². The average Bonchev–Trinajstić information content (AvgIpc) is 3.33. The maximum Gasteiger partial charge on any atom is 0.177 e. The van der Waals surface area contributed by atoms with Crippen LogP contribution in [0.4, 0.5) is 0 Å². The van der Waals surface area contributed by atoms with Gasteiger partial charge in [-0.2, -0.15) is 0 Å². The number of piperidine rings is 1. The van der Waals surface area contributed by atoms with Crippen LogP contribution in [0.2, 0.25) is 0 Å². The lowest BCUT2D eigenvalue weighted by molar-refractivity contribution is -0.196. The zero-order valence-electron chi connectivity index (χ0n) is 15.1. The van der Waals surface area contributed by atoms with Crippen molar-refractivity contribution in [3.8, 4) is 11.5 Å². The summed E-state index contributed by atoms with van der Waals surface area (Å²) in [6.45, 7) is 3.85. The molecule has 3 aliphatic carbocycles. The van der Waals surface area contributed by atoms with Crippen LogP contribution >= 0.6 is 0 Å². The van der Waals surface area contributed by atoms with Gasteiger partial charge in [-0.15, -0.1) is 0 Å². The van der Waals surface area contributed by atoms with Crippen LogP contribution in [0.5, 0.6) is 11.5 Å². The fourth-order valence-corrected chi connectivity index (χ4v) is 6.53. The van der Waals surface area contributed by atoms with Crippen LogP contribution in [0.1, 0.15) is 43.7 Å². The van der Waals surface area contributed by atoms with E-state index in [4.69, 9.17) is 4.74 Å². The largest absolute Gasteiger partial charge is 0.504 e. The van der Waals surface area contributed by atoms with Crippen molar-refractivity contribution in [3.05, 3.63) is 23.3 Å². The number of rotatable bonds is 2. The number of benzene rings is 1. The predicted molar refractivity (Wildman–Crippen MR) is 94.3 cm³/mol. The summed E-state index contributed by atoms with van der Waals surface area (Å²) in [7, 11) is 0. The van der Waals surface area contributed by atoms with Gasteiger partial charge in [0.1, 0.15) is 0 Å². The van der Waals surface area contributed by atoms with Gasteiger partial charge in [-0.1, -0.05) is 13.0 Å². The predicted octanol–water partition coefficient (Wildman–Crippen LogP) is 1.77. The van der Waals surface area contributed by atoms with E-state index in [1.165, 1.54) is 12.8 Å². The summed E-state index contributed by atoms with van der Waals surface area (Å²) >= 11 is 0. The summed E-state index contributed by atoms with van der Waals surface area (Å²) < 4.78 is 6.11. The van der Waals surface area contributed by atoms with E-state index in [1.807, 2.05) is 13.0 Å². The molecule has 1 saturated heterocycles. The van der Waals surface area contributed by atoms with Crippen LogP contribution in [0, 0.1) is 11.8 Å². The lowest BCUT2D eigenvalue weighted by Crippen LogP contribution is -2.77. The number of nitrogens with zero attached hydrogens (tertiary/aromatic N) is 1. The Hall–Kier alpha value is -1.59. The second kappa shape index (κ2) is 4.63. The number of phenols is 1. The molecule has 3 fully saturated rings. The van der Waals surface area contributed by atoms with Gasteiger partial charge in [0, 0.05) is 24.1 Å². The highest BCUT2D eigenvalue weighted by Gasteiger charge is 2.74. The van der Waals surface area contributed by atoms with Crippen LogP contribution in [0.25, 0.3) is 0 Å². The summed E-state index contributed by atoms with van der Waals surface area (Å²) in [5.74, 6) is 1.16. The molecule has 0 amide bonds. The van der Waals surface area contributed by atoms with E-state index < -0.39 is 17.1 Å². The van der Waals surface area contributed by atoms with Crippen molar-refractivity contribution in [1.82, 2.24) is 4.90 Å². The lowest BCUT2D eigenvalue weighted by atomic mass is 9.47. The van der Waals surface area contributed by atoms with Crippen molar-refractivity contribution in [2.75, 3.05) is 13.1 Å². The molecule has 2 N–H and O–H groups in total. The van der Waals surface area contributed by atoms with E-state index in [-0.39, 0.29) is 23.5 Å². The molecule has 2 bridgehead atoms. The van der Waals surface area contributed by atoms with E-state index >= 15 is 0 Å². The molecule has 1 aromatic rings. The second-order valence-corrected chi connectivity index (χ2v) is 9.26. The maximum absolute atomic E-state index is 13.0. The summed E-state index contributed by atoms with van der Waals surface area (Å²) in [5, 5.41) is 22.5. The van der Waals surface area contributed by atoms with E-state index in [0.29, 0.717) is 12.2 Å².